The van der Waals surface area contributed by atoms with Crippen molar-refractivity contribution in [1.82, 2.24) is 4.98 Å². The number of benzene rings is 1. The van der Waals surface area contributed by atoms with Gasteiger partial charge in [-0.15, -0.1) is 0 Å². The van der Waals surface area contributed by atoms with E-state index in [9.17, 15) is 0 Å². The number of morpholine rings is 1. The second-order valence-electron chi connectivity index (χ2n) is 4.00. The minimum atomic E-state index is 0.602. The molecule has 2 aromatic rings. The van der Waals surface area contributed by atoms with E-state index < -0.39 is 0 Å². The van der Waals surface area contributed by atoms with Crippen molar-refractivity contribution >= 4 is 44.0 Å². The van der Waals surface area contributed by atoms with Gasteiger partial charge in [-0.25, -0.2) is 4.98 Å². The lowest BCUT2D eigenvalue weighted by molar-refractivity contribution is -0.210. The Labute approximate surface area is 113 Å². The lowest BCUT2D eigenvalue weighted by atomic mass is 10.3. The first kappa shape index (κ1) is 11.8. The fourth-order valence-corrected chi connectivity index (χ4v) is 3.23. The molecule has 3 rings (SSSR count). The molecule has 1 aliphatic rings. The predicted octanol–water partition coefficient (Wildman–Crippen LogP) is 1.63. The Morgan fingerprint density at radius 2 is 2.17 bits per heavy atom. The first-order valence-corrected chi connectivity index (χ1v) is 6.81. The summed E-state index contributed by atoms with van der Waals surface area (Å²) >= 11 is 7.60. The Kier molecular flexibility index (Phi) is 3.15. The van der Waals surface area contributed by atoms with Gasteiger partial charge in [-0.2, -0.15) is 5.53 Å². The number of anilines is 1. The maximum Gasteiger partial charge on any atom is 0.186 e. The Hall–Kier alpha value is -1.24. The van der Waals surface area contributed by atoms with E-state index in [4.69, 9.17) is 21.9 Å². The van der Waals surface area contributed by atoms with Gasteiger partial charge in [-0.05, 0) is 17.2 Å². The molecule has 0 amide bonds. The molecule has 5 nitrogen and oxygen atoms in total. The summed E-state index contributed by atoms with van der Waals surface area (Å²) in [5, 5.41) is 5.34. The lowest BCUT2D eigenvalue weighted by Gasteiger charge is -2.25. The van der Waals surface area contributed by atoms with Crippen molar-refractivity contribution < 1.29 is 10.3 Å². The third-order valence-electron chi connectivity index (χ3n) is 2.84. The lowest BCUT2D eigenvalue weighted by Crippen LogP contribution is -2.36. The van der Waals surface area contributed by atoms with Crippen LogP contribution in [0, 0.1) is 0 Å². The van der Waals surface area contributed by atoms with Crippen molar-refractivity contribution in [1.29, 1.82) is 0 Å². The van der Waals surface area contributed by atoms with Gasteiger partial charge in [0.25, 0.3) is 0 Å². The summed E-state index contributed by atoms with van der Waals surface area (Å²) in [7, 11) is 0. The molecule has 1 aliphatic heterocycles. The summed E-state index contributed by atoms with van der Waals surface area (Å²) < 4.78 is 6.31. The van der Waals surface area contributed by atoms with Crippen molar-refractivity contribution in [2.75, 3.05) is 31.2 Å². The summed E-state index contributed by atoms with van der Waals surface area (Å²) in [6.45, 7) is 3.21. The predicted molar refractivity (Wildman–Crippen MR) is 71.7 cm³/mol. The van der Waals surface area contributed by atoms with E-state index in [1.807, 2.05) is 6.07 Å². The number of nitrogens with zero attached hydrogens (tertiary/aromatic N) is 3. The molecule has 0 spiro atoms. The molecule has 2 heterocycles. The van der Waals surface area contributed by atoms with Gasteiger partial charge in [-0.1, -0.05) is 22.9 Å². The van der Waals surface area contributed by atoms with Gasteiger partial charge in [0.15, 0.2) is 10.8 Å². The first-order chi connectivity index (χ1) is 8.78. The average Bonchev–Trinajstić information content (AvgIpc) is 2.82. The first-order valence-electron chi connectivity index (χ1n) is 5.61. The molecule has 0 radical (unpaired) electrons. The molecule has 7 heteroatoms. The zero-order valence-electron chi connectivity index (χ0n) is 9.60. The monoisotopic (exact) mass is 283 g/mol. The summed E-state index contributed by atoms with van der Waals surface area (Å²) in [5.74, 6) is 0. The van der Waals surface area contributed by atoms with Gasteiger partial charge in [0.1, 0.15) is 0 Å². The van der Waals surface area contributed by atoms with Crippen LogP contribution >= 0.6 is 22.9 Å². The van der Waals surface area contributed by atoms with Crippen molar-refractivity contribution in [3.63, 3.8) is 0 Å². The third kappa shape index (κ3) is 2.07. The Morgan fingerprint density at radius 3 is 2.89 bits per heavy atom. The molecule has 1 aromatic heterocycles. The van der Waals surface area contributed by atoms with Gasteiger partial charge < -0.3 is 9.64 Å². The standard InChI is InChI=1S/C11H11ClN4OS/c12-7-5-8-10(9(6-7)15-13)18-11(14-8)16-1-3-17-4-2-16/h5-6,13H,1-4H2/p+1. The average molecular weight is 284 g/mol. The van der Waals surface area contributed by atoms with Crippen LogP contribution in [-0.4, -0.2) is 31.3 Å². The smallest absolute Gasteiger partial charge is 0.186 e. The van der Waals surface area contributed by atoms with Crippen molar-refractivity contribution in [2.45, 2.75) is 0 Å². The second-order valence-corrected chi connectivity index (χ2v) is 5.41. The molecular formula is C11H12ClN4OS+. The maximum atomic E-state index is 6.01. The minimum Gasteiger partial charge on any atom is -0.378 e. The second kappa shape index (κ2) is 4.79. The number of hydrogen-bond donors (Lipinski definition) is 1. The zero-order valence-corrected chi connectivity index (χ0v) is 11.2. The highest BCUT2D eigenvalue weighted by molar-refractivity contribution is 7.22. The molecule has 2 N–H and O–H groups in total. The number of halogens is 1. The van der Waals surface area contributed by atoms with Gasteiger partial charge >= 0.3 is 0 Å². The highest BCUT2D eigenvalue weighted by Crippen LogP contribution is 2.37. The molecule has 0 atom stereocenters. The van der Waals surface area contributed by atoms with Gasteiger partial charge in [0.2, 0.25) is 0 Å². The van der Waals surface area contributed by atoms with Crippen LogP contribution in [0.1, 0.15) is 0 Å². The largest absolute Gasteiger partial charge is 0.378 e. The number of fused-ring (bicyclic) bond motifs is 1. The molecule has 1 saturated heterocycles. The number of hydrogen-bond acceptors (Lipinski definition) is 5. The van der Waals surface area contributed by atoms with Gasteiger partial charge in [-0.3, -0.25) is 0 Å². The number of ether oxygens (including phenoxy) is 1. The van der Waals surface area contributed by atoms with Crippen LogP contribution < -0.4 is 10.4 Å². The molecule has 0 unspecified atom stereocenters. The van der Waals surface area contributed by atoms with Crippen LogP contribution in [0.25, 0.3) is 10.2 Å². The highest BCUT2D eigenvalue weighted by atomic mass is 35.5. The van der Waals surface area contributed by atoms with E-state index in [1.54, 1.807) is 17.4 Å². The van der Waals surface area contributed by atoms with Crippen LogP contribution in [0.2, 0.25) is 5.02 Å². The van der Waals surface area contributed by atoms with E-state index in [-0.39, 0.29) is 0 Å². The normalized spacial score (nSPS) is 16.2. The number of rotatable bonds is 2. The zero-order chi connectivity index (χ0) is 12.5. The van der Waals surface area contributed by atoms with Crippen molar-refractivity contribution in [3.05, 3.63) is 17.2 Å². The highest BCUT2D eigenvalue weighted by Gasteiger charge is 2.17. The van der Waals surface area contributed by atoms with Gasteiger partial charge in [0, 0.05) is 18.1 Å². The molecule has 1 fully saturated rings. The maximum absolute atomic E-state index is 6.01. The summed E-state index contributed by atoms with van der Waals surface area (Å²) in [6, 6.07) is 3.59. The Bertz CT molecular complexity index is 594. The van der Waals surface area contributed by atoms with Crippen LogP contribution in [0.3, 0.4) is 0 Å². The van der Waals surface area contributed by atoms with E-state index in [0.717, 1.165) is 41.7 Å². The molecule has 0 saturated carbocycles. The molecule has 0 bridgehead atoms. The summed E-state index contributed by atoms with van der Waals surface area (Å²) in [4.78, 5) is 6.81. The molecular weight excluding hydrogens is 272 g/mol. The Balaban J connectivity index is 2.06. The van der Waals surface area contributed by atoms with Crippen LogP contribution in [0.5, 0.6) is 0 Å². The summed E-state index contributed by atoms with van der Waals surface area (Å²) in [6.07, 6.45) is 0. The topological polar surface area (TPSA) is 63.3 Å². The van der Waals surface area contributed by atoms with Gasteiger partial charge in [0.05, 0.1) is 23.4 Å². The van der Waals surface area contributed by atoms with Crippen molar-refractivity contribution in [2.24, 2.45) is 5.11 Å². The van der Waals surface area contributed by atoms with E-state index >= 15 is 0 Å². The number of aromatic nitrogens is 1. The molecule has 0 aliphatic carbocycles. The van der Waals surface area contributed by atoms with E-state index in [0.29, 0.717) is 10.7 Å². The summed E-state index contributed by atoms with van der Waals surface area (Å²) in [5.41, 5.74) is 6.92. The van der Waals surface area contributed by atoms with Crippen LogP contribution in [0.15, 0.2) is 17.2 Å². The number of nitrogens with two attached hydrogens (primary N) is 1. The quantitative estimate of drug-likeness (QED) is 0.852. The fourth-order valence-electron chi connectivity index (χ4n) is 1.96. The SMILES string of the molecule is [NH2+]=Nc1cc(Cl)cc2nc(N3CCOCC3)sc12. The molecule has 18 heavy (non-hydrogen) atoms. The van der Waals surface area contributed by atoms with Crippen molar-refractivity contribution in [3.8, 4) is 0 Å². The van der Waals surface area contributed by atoms with E-state index in [1.165, 1.54) is 0 Å². The molecule has 1 aromatic carbocycles. The Morgan fingerprint density at radius 1 is 1.39 bits per heavy atom. The van der Waals surface area contributed by atoms with E-state index in [2.05, 4.69) is 15.0 Å². The molecule has 94 valence electrons. The third-order valence-corrected chi connectivity index (χ3v) is 4.22. The fraction of sp³-hybridized carbons (Fsp3) is 0.364. The van der Waals surface area contributed by atoms with Crippen LogP contribution in [-0.2, 0) is 4.74 Å². The minimum absolute atomic E-state index is 0.602. The van der Waals surface area contributed by atoms with Crippen LogP contribution in [0.4, 0.5) is 10.8 Å². The number of thiazole rings is 1.